The van der Waals surface area contributed by atoms with Gasteiger partial charge in [0, 0.05) is 30.1 Å². The Labute approximate surface area is 263 Å². The number of aryl methyl sites for hydroxylation is 1. The molecular formula is C33H33Cl2N3O4S. The van der Waals surface area contributed by atoms with Crippen molar-refractivity contribution >= 4 is 50.7 Å². The molecule has 0 aliphatic rings. The highest BCUT2D eigenvalue weighted by atomic mass is 35.5. The first-order valence-electron chi connectivity index (χ1n) is 13.6. The summed E-state index contributed by atoms with van der Waals surface area (Å²) in [4.78, 5) is 29.2. The number of benzene rings is 4. The Hall–Kier alpha value is -3.85. The molecule has 7 nitrogen and oxygen atoms in total. The highest BCUT2D eigenvalue weighted by Crippen LogP contribution is 2.31. The molecule has 0 heterocycles. The number of nitrogens with one attached hydrogen (secondary N) is 1. The lowest BCUT2D eigenvalue weighted by Gasteiger charge is -2.34. The Morgan fingerprint density at radius 3 is 2.14 bits per heavy atom. The fourth-order valence-corrected chi connectivity index (χ4v) is 6.62. The molecule has 4 aromatic rings. The number of carbonyl (C=O) groups excluding carboxylic acids is 2. The van der Waals surface area contributed by atoms with Crippen molar-refractivity contribution in [3.05, 3.63) is 129 Å². The number of sulfonamides is 1. The van der Waals surface area contributed by atoms with E-state index in [1.54, 1.807) is 61.5 Å². The number of anilines is 1. The van der Waals surface area contributed by atoms with Crippen LogP contribution in [0.15, 0.2) is 102 Å². The quantitative estimate of drug-likeness (QED) is 0.212. The minimum atomic E-state index is -4.22. The predicted octanol–water partition coefficient (Wildman–Crippen LogP) is 6.19. The van der Waals surface area contributed by atoms with Gasteiger partial charge in [-0.2, -0.15) is 0 Å². The van der Waals surface area contributed by atoms with Crippen LogP contribution in [0.2, 0.25) is 10.0 Å². The van der Waals surface area contributed by atoms with Gasteiger partial charge in [0.2, 0.25) is 11.8 Å². The Morgan fingerprint density at radius 1 is 0.837 bits per heavy atom. The fraction of sp³-hybridized carbons (Fsp3) is 0.212. The predicted molar refractivity (Wildman–Crippen MR) is 172 cm³/mol. The van der Waals surface area contributed by atoms with Crippen LogP contribution in [0.4, 0.5) is 5.69 Å². The number of carbonyl (C=O) groups is 2. The van der Waals surface area contributed by atoms with Crippen molar-refractivity contribution in [2.24, 2.45) is 0 Å². The zero-order valence-electron chi connectivity index (χ0n) is 24.1. The summed E-state index contributed by atoms with van der Waals surface area (Å²) in [5.74, 6) is -0.953. The molecule has 0 unspecified atom stereocenters. The molecule has 0 saturated heterocycles. The molecule has 224 valence electrons. The average Bonchev–Trinajstić information content (AvgIpc) is 2.99. The van der Waals surface area contributed by atoms with E-state index in [2.05, 4.69) is 5.32 Å². The van der Waals surface area contributed by atoms with Crippen molar-refractivity contribution in [1.29, 1.82) is 0 Å². The SMILES string of the molecule is CNC(=O)[C@H](Cc1ccccc1)N(Cc1cccc(Cl)c1)C(=O)CN(c1cccc(Cl)c1C)S(=O)(=O)c1ccc(C)cc1. The summed E-state index contributed by atoms with van der Waals surface area (Å²) in [5.41, 5.74) is 3.19. The molecule has 0 radical (unpaired) electrons. The molecule has 0 saturated carbocycles. The van der Waals surface area contributed by atoms with Gasteiger partial charge < -0.3 is 10.2 Å². The summed E-state index contributed by atoms with van der Waals surface area (Å²) in [6, 6.07) is 26.7. The van der Waals surface area contributed by atoms with Gasteiger partial charge in [0.05, 0.1) is 10.6 Å². The van der Waals surface area contributed by atoms with E-state index in [9.17, 15) is 18.0 Å². The summed E-state index contributed by atoms with van der Waals surface area (Å²) in [5, 5.41) is 3.51. The molecular weight excluding hydrogens is 605 g/mol. The van der Waals surface area contributed by atoms with Crippen LogP contribution < -0.4 is 9.62 Å². The van der Waals surface area contributed by atoms with Crippen molar-refractivity contribution in [3.63, 3.8) is 0 Å². The first kappa shape index (κ1) is 32.1. The Kier molecular flexibility index (Phi) is 10.5. The van der Waals surface area contributed by atoms with Gasteiger partial charge in [-0.3, -0.25) is 13.9 Å². The summed E-state index contributed by atoms with van der Waals surface area (Å²) in [6.45, 7) is 3.02. The van der Waals surface area contributed by atoms with Crippen molar-refractivity contribution in [3.8, 4) is 0 Å². The van der Waals surface area contributed by atoms with Crippen LogP contribution in [0.1, 0.15) is 22.3 Å². The Balaban J connectivity index is 1.82. The van der Waals surface area contributed by atoms with E-state index < -0.39 is 28.5 Å². The lowest BCUT2D eigenvalue weighted by molar-refractivity contribution is -0.139. The van der Waals surface area contributed by atoms with Crippen molar-refractivity contribution in [2.45, 2.75) is 37.8 Å². The first-order chi connectivity index (χ1) is 20.5. The van der Waals surface area contributed by atoms with Crippen LogP contribution in [0.3, 0.4) is 0 Å². The molecule has 1 N–H and O–H groups in total. The maximum atomic E-state index is 14.4. The third-order valence-corrected chi connectivity index (χ3v) is 9.57. The molecule has 0 aromatic heterocycles. The van der Waals surface area contributed by atoms with Crippen LogP contribution in [0.25, 0.3) is 0 Å². The molecule has 1 atom stereocenters. The zero-order chi connectivity index (χ0) is 31.1. The zero-order valence-corrected chi connectivity index (χ0v) is 26.5. The van der Waals surface area contributed by atoms with Gasteiger partial charge in [-0.1, -0.05) is 89.4 Å². The molecule has 0 spiro atoms. The highest BCUT2D eigenvalue weighted by Gasteiger charge is 2.35. The second kappa shape index (κ2) is 14.1. The van der Waals surface area contributed by atoms with E-state index in [1.165, 1.54) is 24.1 Å². The molecule has 0 aliphatic carbocycles. The summed E-state index contributed by atoms with van der Waals surface area (Å²) < 4.78 is 29.3. The normalized spacial score (nSPS) is 11.9. The number of rotatable bonds is 11. The molecule has 10 heteroatoms. The van der Waals surface area contributed by atoms with Crippen molar-refractivity contribution in [2.75, 3.05) is 17.9 Å². The van der Waals surface area contributed by atoms with E-state index in [1.807, 2.05) is 37.3 Å². The molecule has 2 amide bonds. The smallest absolute Gasteiger partial charge is 0.264 e. The lowest BCUT2D eigenvalue weighted by atomic mass is 10.0. The van der Waals surface area contributed by atoms with Gasteiger partial charge in [0.25, 0.3) is 10.0 Å². The highest BCUT2D eigenvalue weighted by molar-refractivity contribution is 7.92. The molecule has 0 bridgehead atoms. The van der Waals surface area contributed by atoms with E-state index in [4.69, 9.17) is 23.2 Å². The fourth-order valence-electron chi connectivity index (χ4n) is 4.77. The summed E-state index contributed by atoms with van der Waals surface area (Å²) >= 11 is 12.7. The van der Waals surface area contributed by atoms with Crippen LogP contribution >= 0.6 is 23.2 Å². The molecule has 4 aromatic carbocycles. The monoisotopic (exact) mass is 637 g/mol. The largest absolute Gasteiger partial charge is 0.357 e. The van der Waals surface area contributed by atoms with Gasteiger partial charge in [0.1, 0.15) is 12.6 Å². The van der Waals surface area contributed by atoms with Crippen molar-refractivity contribution in [1.82, 2.24) is 10.2 Å². The Morgan fingerprint density at radius 2 is 1.49 bits per heavy atom. The number of amides is 2. The molecule has 0 aliphatic heterocycles. The van der Waals surface area contributed by atoms with E-state index in [0.717, 1.165) is 15.4 Å². The maximum Gasteiger partial charge on any atom is 0.264 e. The van der Waals surface area contributed by atoms with Crippen LogP contribution in [0, 0.1) is 13.8 Å². The topological polar surface area (TPSA) is 86.8 Å². The van der Waals surface area contributed by atoms with Gasteiger partial charge in [-0.25, -0.2) is 8.42 Å². The first-order valence-corrected chi connectivity index (χ1v) is 15.8. The van der Waals surface area contributed by atoms with Crippen LogP contribution in [-0.2, 0) is 32.6 Å². The standard InChI is InChI=1S/C33H33Cl2N3O4S/c1-23-15-17-28(18-16-23)43(41,42)38(30-14-8-13-29(35)24(30)2)22-32(39)37(21-26-11-7-12-27(34)19-26)31(33(40)36-3)20-25-9-5-4-6-10-25/h4-19,31H,20-22H2,1-3H3,(H,36,40)/t31-/m0/s1. The van der Waals surface area contributed by atoms with Gasteiger partial charge in [-0.15, -0.1) is 0 Å². The van der Waals surface area contributed by atoms with E-state index in [0.29, 0.717) is 21.2 Å². The third-order valence-electron chi connectivity index (χ3n) is 7.16. The number of nitrogens with zero attached hydrogens (tertiary/aromatic N) is 2. The van der Waals surface area contributed by atoms with Gasteiger partial charge >= 0.3 is 0 Å². The second-order valence-electron chi connectivity index (χ2n) is 10.2. The van der Waals surface area contributed by atoms with Gasteiger partial charge in [-0.05, 0) is 66.9 Å². The van der Waals surface area contributed by atoms with Crippen molar-refractivity contribution < 1.29 is 18.0 Å². The number of halogens is 2. The second-order valence-corrected chi connectivity index (χ2v) is 12.9. The number of likely N-dealkylation sites (N-methyl/N-ethyl adjacent to an activating group) is 1. The maximum absolute atomic E-state index is 14.4. The Bertz CT molecular complexity index is 1700. The molecule has 43 heavy (non-hydrogen) atoms. The van der Waals surface area contributed by atoms with E-state index in [-0.39, 0.29) is 29.5 Å². The summed E-state index contributed by atoms with van der Waals surface area (Å²) in [6.07, 6.45) is 0.216. The summed E-state index contributed by atoms with van der Waals surface area (Å²) in [7, 11) is -2.72. The molecule has 4 rings (SSSR count). The number of hydrogen-bond acceptors (Lipinski definition) is 4. The minimum absolute atomic E-state index is 0.0251. The van der Waals surface area contributed by atoms with Crippen LogP contribution in [0.5, 0.6) is 0 Å². The lowest BCUT2D eigenvalue weighted by Crippen LogP contribution is -2.53. The third kappa shape index (κ3) is 7.76. The minimum Gasteiger partial charge on any atom is -0.357 e. The van der Waals surface area contributed by atoms with E-state index >= 15 is 0 Å². The molecule has 0 fully saturated rings. The number of hydrogen-bond donors (Lipinski definition) is 1. The average molecular weight is 639 g/mol. The van der Waals surface area contributed by atoms with Gasteiger partial charge in [0.15, 0.2) is 0 Å². The van der Waals surface area contributed by atoms with Crippen LogP contribution in [-0.4, -0.2) is 44.8 Å².